The van der Waals surface area contributed by atoms with Gasteiger partial charge in [0.25, 0.3) is 17.5 Å². The molecule has 0 aromatic heterocycles. The molecule has 0 radical (unpaired) electrons. The molecular weight excluding hydrogens is 767 g/mol. The van der Waals surface area contributed by atoms with Crippen LogP contribution in [0.1, 0.15) is 49.2 Å². The molecule has 1 aliphatic rings. The fourth-order valence-corrected chi connectivity index (χ4v) is 7.21. The first-order valence-electron chi connectivity index (χ1n) is 16.9. The molecule has 5 amide bonds. The van der Waals surface area contributed by atoms with Crippen molar-refractivity contribution >= 4 is 78.5 Å². The monoisotopic (exact) mass is 803 g/mol. The molecule has 0 saturated heterocycles. The average molecular weight is 804 g/mol. The number of amides is 5. The number of sulfonamides is 2. The summed E-state index contributed by atoms with van der Waals surface area (Å²) in [5, 5.41) is 12.5. The number of fused-ring (bicyclic) bond motifs is 1. The molecule has 292 valence electrons. The molecule has 4 aromatic rings. The van der Waals surface area contributed by atoms with Gasteiger partial charge in [0, 0.05) is 24.2 Å². The van der Waals surface area contributed by atoms with E-state index in [0.717, 1.165) is 29.2 Å². The zero-order valence-electron chi connectivity index (χ0n) is 30.7. The number of anilines is 4. The third-order valence-electron chi connectivity index (χ3n) is 8.73. The normalized spacial score (nSPS) is 14.3. The van der Waals surface area contributed by atoms with Crippen LogP contribution in [0.25, 0.3) is 0 Å². The second-order valence-corrected chi connectivity index (χ2v) is 17.5. The Balaban J connectivity index is 1.77. The standard InChI is InChI=1S/C37H37N7O10S2/c1-23(2)55(51,52)40-35(46)29-18-12-20-31(44(49)50)33(29)39-37(48)43(27-16-11-15-26(21-27)42(22-45)56(53,54)24(3)4)34-36(47)41(5)30-19-10-9-17-28(30)32(38-34)25-13-7-6-8-14-25/h6-24,34H,1-5H3,(H,39,48)(H,40,46). The van der Waals surface area contributed by atoms with Crippen molar-refractivity contribution in [2.75, 3.05) is 26.5 Å². The molecule has 0 bridgehead atoms. The van der Waals surface area contributed by atoms with Crippen LogP contribution in [0.4, 0.5) is 33.2 Å². The fourth-order valence-electron chi connectivity index (χ4n) is 5.63. The molecule has 1 aliphatic heterocycles. The van der Waals surface area contributed by atoms with Crippen molar-refractivity contribution in [2.24, 2.45) is 4.99 Å². The Bertz CT molecular complexity index is 2470. The topological polar surface area (TPSA) is 226 Å². The lowest BCUT2D eigenvalue weighted by molar-refractivity contribution is -0.383. The number of likely N-dealkylation sites (N-methyl/N-ethyl adjacent to an activating group) is 1. The highest BCUT2D eigenvalue weighted by Gasteiger charge is 2.39. The summed E-state index contributed by atoms with van der Waals surface area (Å²) in [6, 6.07) is 22.5. The summed E-state index contributed by atoms with van der Waals surface area (Å²) in [7, 11) is -7.06. The van der Waals surface area contributed by atoms with Crippen LogP contribution < -0.4 is 24.1 Å². The summed E-state index contributed by atoms with van der Waals surface area (Å²) in [6.07, 6.45) is -1.74. The molecule has 17 nitrogen and oxygen atoms in total. The minimum atomic E-state index is -4.26. The number of urea groups is 1. The van der Waals surface area contributed by atoms with E-state index in [1.165, 1.54) is 57.8 Å². The van der Waals surface area contributed by atoms with Crippen molar-refractivity contribution in [3.63, 3.8) is 0 Å². The lowest BCUT2D eigenvalue weighted by Gasteiger charge is -2.31. The molecule has 0 aliphatic carbocycles. The zero-order valence-corrected chi connectivity index (χ0v) is 32.3. The van der Waals surface area contributed by atoms with E-state index in [1.807, 2.05) is 4.72 Å². The summed E-state index contributed by atoms with van der Waals surface area (Å²) in [5.74, 6) is -2.08. The first-order chi connectivity index (χ1) is 26.4. The number of hydrogen-bond donors (Lipinski definition) is 2. The van der Waals surface area contributed by atoms with Gasteiger partial charge in [-0.2, -0.15) is 0 Å². The van der Waals surface area contributed by atoms with Crippen LogP contribution in [0.2, 0.25) is 0 Å². The number of carbonyl (C=O) groups is 4. The van der Waals surface area contributed by atoms with Crippen LogP contribution in [0.3, 0.4) is 0 Å². The third-order valence-corrected chi connectivity index (χ3v) is 12.5. The molecule has 1 atom stereocenters. The number of aliphatic imine (C=N–C) groups is 1. The number of rotatable bonds is 12. The van der Waals surface area contributed by atoms with Gasteiger partial charge >= 0.3 is 6.03 Å². The Kier molecular flexibility index (Phi) is 11.7. The molecule has 1 unspecified atom stereocenters. The minimum absolute atomic E-state index is 0.0785. The number of carbonyl (C=O) groups excluding carboxylic acids is 4. The van der Waals surface area contributed by atoms with Crippen LogP contribution in [0, 0.1) is 10.1 Å². The second kappa shape index (κ2) is 16.1. The number of para-hydroxylation sites is 2. The van der Waals surface area contributed by atoms with E-state index in [-0.39, 0.29) is 23.5 Å². The van der Waals surface area contributed by atoms with Crippen LogP contribution in [-0.4, -0.2) is 75.4 Å². The van der Waals surface area contributed by atoms with Gasteiger partial charge in [0.05, 0.1) is 43.8 Å². The van der Waals surface area contributed by atoms with E-state index < -0.39 is 76.4 Å². The molecule has 5 rings (SSSR count). The summed E-state index contributed by atoms with van der Waals surface area (Å²) < 4.78 is 54.0. The predicted octanol–water partition coefficient (Wildman–Crippen LogP) is 4.64. The Morgan fingerprint density at radius 3 is 2.12 bits per heavy atom. The van der Waals surface area contributed by atoms with Crippen molar-refractivity contribution in [2.45, 2.75) is 44.4 Å². The number of nitrogens with zero attached hydrogens (tertiary/aromatic N) is 5. The number of nitro groups is 1. The second-order valence-electron chi connectivity index (χ2n) is 12.9. The maximum atomic E-state index is 14.8. The number of benzene rings is 4. The lowest BCUT2D eigenvalue weighted by Crippen LogP contribution is -2.51. The first kappa shape index (κ1) is 40.7. The number of hydrogen-bond acceptors (Lipinski definition) is 11. The SMILES string of the molecule is CC(C)S(=O)(=O)NC(=O)c1cccc([N+](=O)[O-])c1NC(=O)N(c1cccc(N(C=O)S(=O)(=O)C(C)C)c1)C1N=C(c2ccccc2)c2ccccc2N(C)C1=O. The Morgan fingerprint density at radius 2 is 1.50 bits per heavy atom. The van der Waals surface area contributed by atoms with Crippen molar-refractivity contribution in [1.82, 2.24) is 4.72 Å². The van der Waals surface area contributed by atoms with E-state index in [4.69, 9.17) is 4.99 Å². The summed E-state index contributed by atoms with van der Waals surface area (Å²) in [4.78, 5) is 73.2. The fraction of sp³-hybridized carbons (Fsp3) is 0.216. The number of nitro benzene ring substituents is 1. The van der Waals surface area contributed by atoms with Crippen molar-refractivity contribution in [3.8, 4) is 0 Å². The number of nitrogens with one attached hydrogen (secondary N) is 2. The van der Waals surface area contributed by atoms with Crippen LogP contribution >= 0.6 is 0 Å². The Hall–Kier alpha value is -6.47. The van der Waals surface area contributed by atoms with Gasteiger partial charge in [-0.3, -0.25) is 29.4 Å². The minimum Gasteiger partial charge on any atom is -0.311 e. The van der Waals surface area contributed by atoms with Gasteiger partial charge in [-0.25, -0.2) is 35.6 Å². The highest BCUT2D eigenvalue weighted by molar-refractivity contribution is 7.94. The van der Waals surface area contributed by atoms with Gasteiger partial charge in [0.1, 0.15) is 5.69 Å². The van der Waals surface area contributed by atoms with Crippen molar-refractivity contribution in [1.29, 1.82) is 0 Å². The third kappa shape index (κ3) is 7.98. The largest absolute Gasteiger partial charge is 0.328 e. The smallest absolute Gasteiger partial charge is 0.311 e. The average Bonchev–Trinajstić information content (AvgIpc) is 3.26. The van der Waals surface area contributed by atoms with Crippen LogP contribution in [-0.2, 0) is 29.6 Å². The van der Waals surface area contributed by atoms with Gasteiger partial charge < -0.3 is 10.2 Å². The van der Waals surface area contributed by atoms with Gasteiger partial charge in [-0.15, -0.1) is 0 Å². The lowest BCUT2D eigenvalue weighted by atomic mass is 10.0. The van der Waals surface area contributed by atoms with Gasteiger partial charge in [-0.05, 0) is 58.0 Å². The van der Waals surface area contributed by atoms with E-state index in [1.54, 1.807) is 54.6 Å². The van der Waals surface area contributed by atoms with Gasteiger partial charge in [0.15, 0.2) is 0 Å². The summed E-state index contributed by atoms with van der Waals surface area (Å²) >= 11 is 0. The maximum Gasteiger partial charge on any atom is 0.328 e. The van der Waals surface area contributed by atoms with E-state index in [0.29, 0.717) is 21.1 Å². The van der Waals surface area contributed by atoms with Crippen LogP contribution in [0.15, 0.2) is 102 Å². The van der Waals surface area contributed by atoms with E-state index >= 15 is 0 Å². The molecule has 0 fully saturated rings. The van der Waals surface area contributed by atoms with Crippen LogP contribution in [0.5, 0.6) is 0 Å². The van der Waals surface area contributed by atoms with E-state index in [2.05, 4.69) is 5.32 Å². The molecule has 1 heterocycles. The highest BCUT2D eigenvalue weighted by atomic mass is 32.2. The maximum absolute atomic E-state index is 14.8. The predicted molar refractivity (Wildman–Crippen MR) is 211 cm³/mol. The van der Waals surface area contributed by atoms with E-state index in [9.17, 15) is 46.1 Å². The Labute approximate surface area is 322 Å². The first-order valence-corrected chi connectivity index (χ1v) is 20.0. The summed E-state index contributed by atoms with van der Waals surface area (Å²) in [5.41, 5.74) is -0.831. The quantitative estimate of drug-likeness (QED) is 0.115. The molecule has 56 heavy (non-hydrogen) atoms. The zero-order chi connectivity index (χ0) is 41.1. The molecule has 0 spiro atoms. The Morgan fingerprint density at radius 1 is 0.875 bits per heavy atom. The van der Waals surface area contributed by atoms with Gasteiger partial charge in [-0.1, -0.05) is 60.7 Å². The molecule has 2 N–H and O–H groups in total. The highest BCUT2D eigenvalue weighted by Crippen LogP contribution is 2.34. The number of benzodiazepines with no additional fused rings is 1. The van der Waals surface area contributed by atoms with Gasteiger partial charge in [0.2, 0.25) is 32.6 Å². The van der Waals surface area contributed by atoms with Crippen molar-refractivity contribution in [3.05, 3.63) is 124 Å². The van der Waals surface area contributed by atoms with Crippen molar-refractivity contribution < 1.29 is 40.9 Å². The molecular formula is C37H37N7O10S2. The molecule has 19 heteroatoms. The molecule has 0 saturated carbocycles. The summed E-state index contributed by atoms with van der Waals surface area (Å²) in [6.45, 7) is 5.33. The molecule has 4 aromatic carbocycles.